The second kappa shape index (κ2) is 2.67. The van der Waals surface area contributed by atoms with E-state index in [0.29, 0.717) is 17.1 Å². The first-order chi connectivity index (χ1) is 7.01. The van der Waals surface area contributed by atoms with E-state index in [1.54, 1.807) is 0 Å². The van der Waals surface area contributed by atoms with Gasteiger partial charge in [-0.2, -0.15) is 0 Å². The normalized spacial score (nSPS) is 51.9. The van der Waals surface area contributed by atoms with E-state index in [-0.39, 0.29) is 5.41 Å². The molecule has 0 aromatic heterocycles. The number of hydrogen-bond acceptors (Lipinski definition) is 1. The highest BCUT2D eigenvalue weighted by Gasteiger charge is 2.74. The van der Waals surface area contributed by atoms with Gasteiger partial charge in [-0.05, 0) is 42.4 Å². The van der Waals surface area contributed by atoms with Crippen molar-refractivity contribution >= 4 is 5.78 Å². The molecule has 3 rings (SSSR count). The number of ketones is 1. The zero-order valence-electron chi connectivity index (χ0n) is 10.2. The molecule has 3 aliphatic rings. The zero-order chi connectivity index (χ0) is 10.8. The van der Waals surface area contributed by atoms with E-state index in [9.17, 15) is 4.79 Å². The number of hydrogen-bond donors (Lipinski definition) is 0. The smallest absolute Gasteiger partial charge is 0.139 e. The zero-order valence-corrected chi connectivity index (χ0v) is 10.2. The Morgan fingerprint density at radius 1 is 1.20 bits per heavy atom. The third kappa shape index (κ3) is 0.976. The lowest BCUT2D eigenvalue weighted by Gasteiger charge is -2.35. The van der Waals surface area contributed by atoms with Crippen molar-refractivity contribution in [2.24, 2.45) is 28.6 Å². The molecule has 0 saturated heterocycles. The monoisotopic (exact) mass is 206 g/mol. The molecule has 0 bridgehead atoms. The van der Waals surface area contributed by atoms with Crippen LogP contribution in [-0.4, -0.2) is 5.78 Å². The Morgan fingerprint density at radius 2 is 1.87 bits per heavy atom. The SMILES string of the molecule is C[C@@H]1C(C)(C)CCC[C@H]2[C@H]3CCC(=O)[C@@]312. The Labute approximate surface area is 92.6 Å². The molecule has 1 heteroatoms. The van der Waals surface area contributed by atoms with Crippen LogP contribution in [0, 0.1) is 28.6 Å². The Kier molecular flexibility index (Phi) is 1.76. The molecule has 0 heterocycles. The molecular weight excluding hydrogens is 184 g/mol. The standard InChI is InChI=1S/C14H22O/c1-9-13(2,3)8-4-5-10-11-6-7-12(15)14(9,10)11/h9-11H,4-8H2,1-3H3/t9-,10+,11-,14+/m1/s1. The van der Waals surface area contributed by atoms with Crippen molar-refractivity contribution in [3.05, 3.63) is 0 Å². The molecule has 1 spiro atoms. The van der Waals surface area contributed by atoms with Crippen LogP contribution in [0.5, 0.6) is 0 Å². The van der Waals surface area contributed by atoms with Crippen LogP contribution in [0.2, 0.25) is 0 Å². The van der Waals surface area contributed by atoms with E-state index in [1.165, 1.54) is 25.7 Å². The van der Waals surface area contributed by atoms with Gasteiger partial charge < -0.3 is 0 Å². The minimum atomic E-state index is 0.153. The number of carbonyl (C=O) groups excluding carboxylic acids is 1. The Morgan fingerprint density at radius 3 is 2.60 bits per heavy atom. The lowest BCUT2D eigenvalue weighted by molar-refractivity contribution is -0.126. The van der Waals surface area contributed by atoms with Gasteiger partial charge in [-0.1, -0.05) is 27.2 Å². The van der Waals surface area contributed by atoms with E-state index in [0.717, 1.165) is 18.3 Å². The van der Waals surface area contributed by atoms with E-state index in [2.05, 4.69) is 20.8 Å². The number of Topliss-reactive ketones (excluding diaryl/α,β-unsaturated/α-hetero) is 1. The second-order valence-electron chi connectivity index (χ2n) is 6.71. The highest BCUT2D eigenvalue weighted by molar-refractivity contribution is 5.92. The Hall–Kier alpha value is -0.330. The minimum Gasteiger partial charge on any atom is -0.299 e. The molecule has 1 nitrogen and oxygen atoms in total. The first kappa shape index (κ1) is 9.86. The second-order valence-corrected chi connectivity index (χ2v) is 6.71. The summed E-state index contributed by atoms with van der Waals surface area (Å²) in [5.41, 5.74) is 0.531. The van der Waals surface area contributed by atoms with Crippen molar-refractivity contribution in [2.75, 3.05) is 0 Å². The molecule has 0 N–H and O–H groups in total. The molecule has 3 fully saturated rings. The highest BCUT2D eigenvalue weighted by Crippen LogP contribution is 2.75. The van der Waals surface area contributed by atoms with Crippen molar-refractivity contribution in [1.29, 1.82) is 0 Å². The van der Waals surface area contributed by atoms with Crippen molar-refractivity contribution in [3.63, 3.8) is 0 Å². The van der Waals surface area contributed by atoms with Gasteiger partial charge in [0.25, 0.3) is 0 Å². The van der Waals surface area contributed by atoms with Gasteiger partial charge in [-0.15, -0.1) is 0 Å². The molecular formula is C14H22O. The molecule has 0 radical (unpaired) electrons. The average Bonchev–Trinajstić information content (AvgIpc) is 2.70. The third-order valence-corrected chi connectivity index (χ3v) is 5.99. The van der Waals surface area contributed by atoms with Crippen molar-refractivity contribution in [1.82, 2.24) is 0 Å². The maximum Gasteiger partial charge on any atom is 0.139 e. The van der Waals surface area contributed by atoms with E-state index >= 15 is 0 Å². The van der Waals surface area contributed by atoms with E-state index < -0.39 is 0 Å². The fraction of sp³-hybridized carbons (Fsp3) is 0.929. The van der Waals surface area contributed by atoms with Gasteiger partial charge in [0.1, 0.15) is 5.78 Å². The predicted octanol–water partition coefficient (Wildman–Crippen LogP) is 3.43. The van der Waals surface area contributed by atoms with Crippen LogP contribution >= 0.6 is 0 Å². The minimum absolute atomic E-state index is 0.153. The average molecular weight is 206 g/mol. The van der Waals surface area contributed by atoms with E-state index in [4.69, 9.17) is 0 Å². The van der Waals surface area contributed by atoms with Crippen LogP contribution < -0.4 is 0 Å². The summed E-state index contributed by atoms with van der Waals surface area (Å²) in [6.45, 7) is 7.09. The molecule has 0 unspecified atom stereocenters. The van der Waals surface area contributed by atoms with Gasteiger partial charge in [-0.25, -0.2) is 0 Å². The Bertz CT molecular complexity index is 317. The molecule has 0 amide bonds. The number of rotatable bonds is 0. The van der Waals surface area contributed by atoms with Crippen LogP contribution in [0.4, 0.5) is 0 Å². The summed E-state index contributed by atoms with van der Waals surface area (Å²) >= 11 is 0. The Balaban J connectivity index is 2.02. The first-order valence-corrected chi connectivity index (χ1v) is 6.54. The third-order valence-electron chi connectivity index (χ3n) is 5.99. The molecule has 3 saturated carbocycles. The fourth-order valence-corrected chi connectivity index (χ4v) is 4.88. The lowest BCUT2D eigenvalue weighted by Crippen LogP contribution is -2.33. The maximum atomic E-state index is 12.2. The fourth-order valence-electron chi connectivity index (χ4n) is 4.88. The summed E-state index contributed by atoms with van der Waals surface area (Å²) in [5.74, 6) is 2.77. The molecule has 0 aliphatic heterocycles. The van der Waals surface area contributed by atoms with Crippen LogP contribution in [0.1, 0.15) is 52.9 Å². The molecule has 84 valence electrons. The van der Waals surface area contributed by atoms with E-state index in [1.807, 2.05) is 0 Å². The largest absolute Gasteiger partial charge is 0.299 e. The quantitative estimate of drug-likeness (QED) is 0.593. The van der Waals surface area contributed by atoms with Gasteiger partial charge in [0.05, 0.1) is 0 Å². The number of fused-ring (bicyclic) bond motifs is 1. The molecule has 15 heavy (non-hydrogen) atoms. The summed E-state index contributed by atoms with van der Waals surface area (Å²) in [5, 5.41) is 0. The topological polar surface area (TPSA) is 17.1 Å². The van der Waals surface area contributed by atoms with Crippen LogP contribution in [0.25, 0.3) is 0 Å². The molecule has 3 aliphatic carbocycles. The van der Waals surface area contributed by atoms with Crippen LogP contribution in [0.15, 0.2) is 0 Å². The van der Waals surface area contributed by atoms with Crippen LogP contribution in [-0.2, 0) is 4.79 Å². The van der Waals surface area contributed by atoms with Gasteiger partial charge in [0, 0.05) is 11.8 Å². The van der Waals surface area contributed by atoms with Crippen LogP contribution in [0.3, 0.4) is 0 Å². The molecule has 0 aromatic carbocycles. The van der Waals surface area contributed by atoms with Gasteiger partial charge in [0.2, 0.25) is 0 Å². The van der Waals surface area contributed by atoms with Gasteiger partial charge >= 0.3 is 0 Å². The summed E-state index contributed by atoms with van der Waals surface area (Å²) < 4.78 is 0. The van der Waals surface area contributed by atoms with Gasteiger partial charge in [-0.3, -0.25) is 4.79 Å². The summed E-state index contributed by atoms with van der Waals surface area (Å²) in [6, 6.07) is 0. The summed E-state index contributed by atoms with van der Waals surface area (Å²) in [4.78, 5) is 12.2. The molecule has 4 atom stereocenters. The number of carbonyl (C=O) groups is 1. The van der Waals surface area contributed by atoms with Gasteiger partial charge in [0.15, 0.2) is 0 Å². The predicted molar refractivity (Wildman–Crippen MR) is 60.5 cm³/mol. The maximum absolute atomic E-state index is 12.2. The summed E-state index contributed by atoms with van der Waals surface area (Å²) in [6.07, 6.45) is 6.05. The molecule has 0 aromatic rings. The first-order valence-electron chi connectivity index (χ1n) is 6.54. The summed E-state index contributed by atoms with van der Waals surface area (Å²) in [7, 11) is 0. The van der Waals surface area contributed by atoms with Crippen molar-refractivity contribution in [3.8, 4) is 0 Å². The van der Waals surface area contributed by atoms with Crippen molar-refractivity contribution < 1.29 is 4.79 Å². The van der Waals surface area contributed by atoms with Crippen molar-refractivity contribution in [2.45, 2.75) is 52.9 Å². The highest BCUT2D eigenvalue weighted by atomic mass is 16.1. The lowest BCUT2D eigenvalue weighted by atomic mass is 9.68.